The molecule has 0 spiro atoms. The highest BCUT2D eigenvalue weighted by atomic mass is 16.4. The SMILES string of the molecule is Cc1cc(C2CCCN(Cc3ccc(-c4ccccc4C(=O)O)o3)C2)ccn1. The minimum absolute atomic E-state index is 0.259. The van der Waals surface area contributed by atoms with Crippen LogP contribution >= 0.6 is 0 Å². The average molecular weight is 376 g/mol. The van der Waals surface area contributed by atoms with E-state index in [0.717, 1.165) is 37.5 Å². The van der Waals surface area contributed by atoms with E-state index in [2.05, 4.69) is 22.0 Å². The molecule has 1 saturated heterocycles. The maximum Gasteiger partial charge on any atom is 0.336 e. The summed E-state index contributed by atoms with van der Waals surface area (Å²) in [6, 6.07) is 15.1. The van der Waals surface area contributed by atoms with Crippen LogP contribution in [0.2, 0.25) is 0 Å². The van der Waals surface area contributed by atoms with E-state index < -0.39 is 5.97 Å². The van der Waals surface area contributed by atoms with Gasteiger partial charge in [-0.1, -0.05) is 18.2 Å². The fraction of sp³-hybridized carbons (Fsp3) is 0.304. The molecule has 5 nitrogen and oxygen atoms in total. The lowest BCUT2D eigenvalue weighted by Gasteiger charge is -2.32. The molecule has 1 aliphatic rings. The molecule has 1 aromatic carbocycles. The standard InChI is InChI=1S/C23H24N2O3/c1-16-13-17(10-11-24-16)18-5-4-12-25(14-18)15-19-8-9-22(28-19)20-6-2-3-7-21(20)23(26)27/h2-3,6-11,13,18H,4-5,12,14-15H2,1H3,(H,26,27). The first-order chi connectivity index (χ1) is 13.6. The van der Waals surface area contributed by atoms with E-state index in [1.807, 2.05) is 31.3 Å². The smallest absolute Gasteiger partial charge is 0.336 e. The van der Waals surface area contributed by atoms with E-state index in [1.165, 1.54) is 12.0 Å². The van der Waals surface area contributed by atoms with E-state index in [1.54, 1.807) is 18.2 Å². The second-order valence-corrected chi connectivity index (χ2v) is 7.42. The summed E-state index contributed by atoms with van der Waals surface area (Å²) in [4.78, 5) is 18.2. The van der Waals surface area contributed by atoms with Crippen molar-refractivity contribution < 1.29 is 14.3 Å². The molecule has 2 aromatic heterocycles. The van der Waals surface area contributed by atoms with E-state index >= 15 is 0 Å². The van der Waals surface area contributed by atoms with Crippen LogP contribution in [-0.4, -0.2) is 34.0 Å². The lowest BCUT2D eigenvalue weighted by Crippen LogP contribution is -2.33. The third kappa shape index (κ3) is 3.99. The number of piperidine rings is 1. The van der Waals surface area contributed by atoms with Crippen LogP contribution in [0.3, 0.4) is 0 Å². The fourth-order valence-corrected chi connectivity index (χ4v) is 4.01. The second kappa shape index (κ2) is 7.98. The molecule has 1 unspecified atom stereocenters. The largest absolute Gasteiger partial charge is 0.478 e. The summed E-state index contributed by atoms with van der Waals surface area (Å²) in [5.74, 6) is 1.03. The Morgan fingerprint density at radius 2 is 2.11 bits per heavy atom. The summed E-state index contributed by atoms with van der Waals surface area (Å²) < 4.78 is 6.01. The highest BCUT2D eigenvalue weighted by Crippen LogP contribution is 2.30. The van der Waals surface area contributed by atoms with Gasteiger partial charge in [0.25, 0.3) is 0 Å². The number of carboxylic acid groups (broad SMARTS) is 1. The molecule has 0 saturated carbocycles. The Bertz CT molecular complexity index is 979. The van der Waals surface area contributed by atoms with Crippen LogP contribution in [0.1, 0.15) is 46.1 Å². The van der Waals surface area contributed by atoms with Gasteiger partial charge in [0, 0.05) is 24.0 Å². The third-order valence-corrected chi connectivity index (χ3v) is 5.36. The minimum atomic E-state index is -0.944. The zero-order valence-corrected chi connectivity index (χ0v) is 16.0. The number of aromatic carboxylic acids is 1. The number of likely N-dealkylation sites (tertiary alicyclic amines) is 1. The van der Waals surface area contributed by atoms with Gasteiger partial charge >= 0.3 is 5.97 Å². The van der Waals surface area contributed by atoms with E-state index in [9.17, 15) is 9.90 Å². The molecule has 144 valence electrons. The number of aryl methyl sites for hydroxylation is 1. The molecule has 4 rings (SSSR count). The van der Waals surface area contributed by atoms with Crippen LogP contribution in [0, 0.1) is 6.92 Å². The molecule has 1 N–H and O–H groups in total. The number of carboxylic acids is 1. The summed E-state index contributed by atoms with van der Waals surface area (Å²) >= 11 is 0. The van der Waals surface area contributed by atoms with Gasteiger partial charge in [0.05, 0.1) is 12.1 Å². The second-order valence-electron chi connectivity index (χ2n) is 7.42. The summed E-state index contributed by atoms with van der Waals surface area (Å²) in [5.41, 5.74) is 3.29. The van der Waals surface area contributed by atoms with Crippen LogP contribution in [0.4, 0.5) is 0 Å². The van der Waals surface area contributed by atoms with Crippen molar-refractivity contribution in [3.63, 3.8) is 0 Å². The molecule has 0 aliphatic carbocycles. The molecule has 1 atom stereocenters. The van der Waals surface area contributed by atoms with Crippen molar-refractivity contribution in [1.29, 1.82) is 0 Å². The summed E-state index contributed by atoms with van der Waals surface area (Å²) in [5, 5.41) is 9.40. The first-order valence-corrected chi connectivity index (χ1v) is 9.66. The third-order valence-electron chi connectivity index (χ3n) is 5.36. The topological polar surface area (TPSA) is 66.6 Å². The molecular formula is C23H24N2O3. The molecule has 0 radical (unpaired) electrons. The summed E-state index contributed by atoms with van der Waals surface area (Å²) in [6.07, 6.45) is 4.24. The molecule has 1 aliphatic heterocycles. The van der Waals surface area contributed by atoms with E-state index in [4.69, 9.17) is 4.42 Å². The first-order valence-electron chi connectivity index (χ1n) is 9.66. The van der Waals surface area contributed by atoms with Gasteiger partial charge in [0.15, 0.2) is 0 Å². The Morgan fingerprint density at radius 3 is 2.93 bits per heavy atom. The van der Waals surface area contributed by atoms with Gasteiger partial charge in [0.1, 0.15) is 11.5 Å². The van der Waals surface area contributed by atoms with Crippen molar-refractivity contribution in [3.05, 3.63) is 77.3 Å². The molecular weight excluding hydrogens is 352 g/mol. The molecule has 3 heterocycles. The zero-order valence-electron chi connectivity index (χ0n) is 16.0. The number of nitrogens with zero attached hydrogens (tertiary/aromatic N) is 2. The normalized spacial score (nSPS) is 17.5. The number of benzene rings is 1. The molecule has 5 heteroatoms. The average Bonchev–Trinajstić information content (AvgIpc) is 3.16. The van der Waals surface area contributed by atoms with Crippen LogP contribution in [-0.2, 0) is 6.54 Å². The Morgan fingerprint density at radius 1 is 1.25 bits per heavy atom. The lowest BCUT2D eigenvalue weighted by atomic mass is 9.91. The van der Waals surface area contributed by atoms with Crippen molar-refractivity contribution in [3.8, 4) is 11.3 Å². The number of hydrogen-bond donors (Lipinski definition) is 1. The quantitative estimate of drug-likeness (QED) is 0.697. The molecule has 0 bridgehead atoms. The van der Waals surface area contributed by atoms with Gasteiger partial charge in [-0.3, -0.25) is 9.88 Å². The fourth-order valence-electron chi connectivity index (χ4n) is 4.01. The van der Waals surface area contributed by atoms with Gasteiger partial charge < -0.3 is 9.52 Å². The van der Waals surface area contributed by atoms with Crippen LogP contribution in [0.25, 0.3) is 11.3 Å². The molecule has 1 fully saturated rings. The Balaban J connectivity index is 1.48. The van der Waals surface area contributed by atoms with Crippen molar-refractivity contribution in [1.82, 2.24) is 9.88 Å². The number of aromatic nitrogens is 1. The number of hydrogen-bond acceptors (Lipinski definition) is 4. The van der Waals surface area contributed by atoms with Gasteiger partial charge in [-0.2, -0.15) is 0 Å². The zero-order chi connectivity index (χ0) is 19.5. The summed E-state index contributed by atoms with van der Waals surface area (Å²) in [7, 11) is 0. The van der Waals surface area contributed by atoms with Gasteiger partial charge in [-0.05, 0) is 68.1 Å². The van der Waals surface area contributed by atoms with E-state index in [-0.39, 0.29) is 5.56 Å². The Hall–Kier alpha value is -2.92. The Kier molecular flexibility index (Phi) is 5.26. The van der Waals surface area contributed by atoms with Gasteiger partial charge in [-0.15, -0.1) is 0 Å². The van der Waals surface area contributed by atoms with Gasteiger partial charge in [-0.25, -0.2) is 4.79 Å². The maximum atomic E-state index is 11.5. The summed E-state index contributed by atoms with van der Waals surface area (Å²) in [6.45, 7) is 4.80. The van der Waals surface area contributed by atoms with Crippen molar-refractivity contribution in [2.75, 3.05) is 13.1 Å². The molecule has 0 amide bonds. The number of rotatable bonds is 5. The highest BCUT2D eigenvalue weighted by molar-refractivity contribution is 5.95. The number of furan rings is 1. The van der Waals surface area contributed by atoms with Crippen molar-refractivity contribution in [2.45, 2.75) is 32.2 Å². The van der Waals surface area contributed by atoms with Crippen molar-refractivity contribution >= 4 is 5.97 Å². The van der Waals surface area contributed by atoms with Crippen LogP contribution < -0.4 is 0 Å². The van der Waals surface area contributed by atoms with Crippen molar-refractivity contribution in [2.24, 2.45) is 0 Å². The lowest BCUT2D eigenvalue weighted by molar-refractivity contribution is 0.0697. The first kappa shape index (κ1) is 18.4. The highest BCUT2D eigenvalue weighted by Gasteiger charge is 2.23. The monoisotopic (exact) mass is 376 g/mol. The Labute approximate surface area is 164 Å². The van der Waals surface area contributed by atoms with Crippen LogP contribution in [0.15, 0.2) is 59.1 Å². The predicted octanol–water partition coefficient (Wildman–Crippen LogP) is 4.73. The van der Waals surface area contributed by atoms with Crippen LogP contribution in [0.5, 0.6) is 0 Å². The number of pyridine rings is 1. The minimum Gasteiger partial charge on any atom is -0.478 e. The van der Waals surface area contributed by atoms with E-state index in [0.29, 0.717) is 17.2 Å². The molecule has 3 aromatic rings. The predicted molar refractivity (Wildman–Crippen MR) is 107 cm³/mol. The molecule has 28 heavy (non-hydrogen) atoms. The van der Waals surface area contributed by atoms with Gasteiger partial charge in [0.2, 0.25) is 0 Å². The number of carbonyl (C=O) groups is 1. The maximum absolute atomic E-state index is 11.5.